The van der Waals surface area contributed by atoms with Gasteiger partial charge in [0.1, 0.15) is 0 Å². The molecule has 1 unspecified atom stereocenters. The van der Waals surface area contributed by atoms with Gasteiger partial charge in [0.05, 0.1) is 6.61 Å². The van der Waals surface area contributed by atoms with E-state index in [0.29, 0.717) is 6.04 Å². The number of aromatic nitrogens is 1. The minimum absolute atomic E-state index is 0.0969. The Morgan fingerprint density at radius 2 is 2.24 bits per heavy atom. The molecule has 21 heavy (non-hydrogen) atoms. The molecule has 1 fully saturated rings. The first kappa shape index (κ1) is 16.2. The highest BCUT2D eigenvalue weighted by Gasteiger charge is 2.20. The maximum atomic E-state index is 5.93. The molecule has 0 amide bonds. The van der Waals surface area contributed by atoms with E-state index in [1.165, 1.54) is 19.4 Å². The molecule has 1 aliphatic heterocycles. The third kappa shape index (κ3) is 5.29. The van der Waals surface area contributed by atoms with Crippen molar-refractivity contribution >= 4 is 0 Å². The number of nitrogens with zero attached hydrogens (tertiary/aromatic N) is 2. The zero-order valence-corrected chi connectivity index (χ0v) is 13.9. The molecule has 1 aliphatic rings. The molecule has 1 aromatic heterocycles. The lowest BCUT2D eigenvalue weighted by atomic mass is 10.1. The molecule has 0 aliphatic carbocycles. The van der Waals surface area contributed by atoms with Gasteiger partial charge in [0.2, 0.25) is 5.88 Å². The Bertz CT molecular complexity index is 442. The van der Waals surface area contributed by atoms with Crippen molar-refractivity contribution in [3.63, 3.8) is 0 Å². The third-order valence-electron chi connectivity index (χ3n) is 4.02. The van der Waals surface area contributed by atoms with Crippen molar-refractivity contribution in [2.45, 2.75) is 58.2 Å². The van der Waals surface area contributed by atoms with Gasteiger partial charge in [-0.15, -0.1) is 0 Å². The van der Waals surface area contributed by atoms with E-state index >= 15 is 0 Å². The Morgan fingerprint density at radius 3 is 2.90 bits per heavy atom. The van der Waals surface area contributed by atoms with Crippen LogP contribution < -0.4 is 10.1 Å². The highest BCUT2D eigenvalue weighted by Crippen LogP contribution is 2.20. The number of pyridine rings is 1. The van der Waals surface area contributed by atoms with Crippen molar-refractivity contribution in [2.24, 2.45) is 0 Å². The SMILES string of the molecule is CN1CCCC1CCOc1ncccc1CNC(C)(C)C. The minimum atomic E-state index is 0.0969. The first-order valence-electron chi connectivity index (χ1n) is 7.98. The normalized spacial score (nSPS) is 19.9. The molecule has 1 aromatic rings. The van der Waals surface area contributed by atoms with Crippen LogP contribution in [0.1, 0.15) is 45.6 Å². The van der Waals surface area contributed by atoms with Crippen LogP contribution >= 0.6 is 0 Å². The van der Waals surface area contributed by atoms with E-state index < -0.39 is 0 Å². The average Bonchev–Trinajstić information content (AvgIpc) is 2.82. The summed E-state index contributed by atoms with van der Waals surface area (Å²) in [4.78, 5) is 6.82. The summed E-state index contributed by atoms with van der Waals surface area (Å²) >= 11 is 0. The molecule has 118 valence electrons. The largest absolute Gasteiger partial charge is 0.477 e. The summed E-state index contributed by atoms with van der Waals surface area (Å²) < 4.78 is 5.93. The lowest BCUT2D eigenvalue weighted by Crippen LogP contribution is -2.35. The smallest absolute Gasteiger partial charge is 0.217 e. The van der Waals surface area contributed by atoms with E-state index in [2.05, 4.69) is 49.1 Å². The van der Waals surface area contributed by atoms with E-state index in [-0.39, 0.29) is 5.54 Å². The second-order valence-corrected chi connectivity index (χ2v) is 6.99. The van der Waals surface area contributed by atoms with Crippen LogP contribution in [-0.2, 0) is 6.54 Å². The zero-order valence-electron chi connectivity index (χ0n) is 13.9. The fourth-order valence-electron chi connectivity index (χ4n) is 2.68. The van der Waals surface area contributed by atoms with E-state index in [1.54, 1.807) is 6.20 Å². The van der Waals surface area contributed by atoms with E-state index in [1.807, 2.05) is 6.07 Å². The van der Waals surface area contributed by atoms with E-state index in [0.717, 1.165) is 31.0 Å². The predicted molar refractivity (Wildman–Crippen MR) is 86.6 cm³/mol. The Labute approximate surface area is 128 Å². The summed E-state index contributed by atoms with van der Waals surface area (Å²) in [5.74, 6) is 0.773. The van der Waals surface area contributed by atoms with Crippen LogP contribution in [-0.4, -0.2) is 41.7 Å². The number of likely N-dealkylation sites (tertiary alicyclic amines) is 1. The maximum absolute atomic E-state index is 5.93. The summed E-state index contributed by atoms with van der Waals surface area (Å²) in [5, 5.41) is 3.49. The molecule has 1 N–H and O–H groups in total. The second kappa shape index (κ2) is 7.23. The van der Waals surface area contributed by atoms with Crippen molar-refractivity contribution in [2.75, 3.05) is 20.2 Å². The Morgan fingerprint density at radius 1 is 1.43 bits per heavy atom. The first-order valence-corrected chi connectivity index (χ1v) is 7.98. The molecule has 4 heteroatoms. The second-order valence-electron chi connectivity index (χ2n) is 6.99. The number of hydrogen-bond donors (Lipinski definition) is 1. The van der Waals surface area contributed by atoms with Gasteiger partial charge in [-0.1, -0.05) is 6.07 Å². The predicted octanol–water partition coefficient (Wildman–Crippen LogP) is 2.83. The van der Waals surface area contributed by atoms with Gasteiger partial charge in [0.15, 0.2) is 0 Å². The average molecular weight is 291 g/mol. The maximum Gasteiger partial charge on any atom is 0.217 e. The molecule has 4 nitrogen and oxygen atoms in total. The number of hydrogen-bond acceptors (Lipinski definition) is 4. The first-order chi connectivity index (χ1) is 9.96. The van der Waals surface area contributed by atoms with Crippen molar-refractivity contribution in [1.29, 1.82) is 0 Å². The van der Waals surface area contributed by atoms with Crippen molar-refractivity contribution in [3.8, 4) is 5.88 Å². The van der Waals surface area contributed by atoms with Crippen LogP contribution in [0.5, 0.6) is 5.88 Å². The summed E-state index contributed by atoms with van der Waals surface area (Å²) in [6.07, 6.45) is 5.49. The minimum Gasteiger partial charge on any atom is -0.477 e. The summed E-state index contributed by atoms with van der Waals surface area (Å²) in [7, 11) is 2.21. The van der Waals surface area contributed by atoms with E-state index in [9.17, 15) is 0 Å². The summed E-state index contributed by atoms with van der Waals surface area (Å²) in [5.41, 5.74) is 1.23. The number of rotatable bonds is 6. The van der Waals surface area contributed by atoms with Crippen LogP contribution in [0.3, 0.4) is 0 Å². The molecule has 0 saturated carbocycles. The van der Waals surface area contributed by atoms with Crippen LogP contribution in [0.4, 0.5) is 0 Å². The quantitative estimate of drug-likeness (QED) is 0.874. The van der Waals surface area contributed by atoms with Gasteiger partial charge in [0, 0.05) is 29.9 Å². The van der Waals surface area contributed by atoms with Crippen molar-refractivity contribution in [1.82, 2.24) is 15.2 Å². The molecule has 2 heterocycles. The van der Waals surface area contributed by atoms with Gasteiger partial charge >= 0.3 is 0 Å². The van der Waals surface area contributed by atoms with E-state index in [4.69, 9.17) is 4.74 Å². The van der Waals surface area contributed by atoms with Gasteiger partial charge in [-0.3, -0.25) is 0 Å². The van der Waals surface area contributed by atoms with Gasteiger partial charge in [-0.25, -0.2) is 4.98 Å². The van der Waals surface area contributed by atoms with Crippen molar-refractivity contribution < 1.29 is 4.74 Å². The Balaban J connectivity index is 1.84. The van der Waals surface area contributed by atoms with Crippen LogP contribution in [0.2, 0.25) is 0 Å². The summed E-state index contributed by atoms with van der Waals surface area (Å²) in [6, 6.07) is 4.73. The zero-order chi connectivity index (χ0) is 15.3. The van der Waals surface area contributed by atoms with Gasteiger partial charge in [0.25, 0.3) is 0 Å². The fourth-order valence-corrected chi connectivity index (χ4v) is 2.68. The van der Waals surface area contributed by atoms with Crippen LogP contribution in [0.25, 0.3) is 0 Å². The molecule has 0 spiro atoms. The highest BCUT2D eigenvalue weighted by atomic mass is 16.5. The number of ether oxygens (including phenoxy) is 1. The molecule has 1 saturated heterocycles. The fraction of sp³-hybridized carbons (Fsp3) is 0.706. The molecule has 2 rings (SSSR count). The Kier molecular flexibility index (Phi) is 5.59. The van der Waals surface area contributed by atoms with Gasteiger partial charge in [-0.2, -0.15) is 0 Å². The van der Waals surface area contributed by atoms with Gasteiger partial charge in [-0.05, 0) is 59.7 Å². The topological polar surface area (TPSA) is 37.4 Å². The van der Waals surface area contributed by atoms with Crippen LogP contribution in [0.15, 0.2) is 18.3 Å². The van der Waals surface area contributed by atoms with Crippen molar-refractivity contribution in [3.05, 3.63) is 23.9 Å². The van der Waals surface area contributed by atoms with Gasteiger partial charge < -0.3 is 15.0 Å². The summed E-state index contributed by atoms with van der Waals surface area (Å²) in [6.45, 7) is 9.25. The molecule has 1 atom stereocenters. The molecule has 0 radical (unpaired) electrons. The third-order valence-corrected chi connectivity index (χ3v) is 4.02. The lowest BCUT2D eigenvalue weighted by Gasteiger charge is -2.22. The van der Waals surface area contributed by atoms with Crippen LogP contribution in [0, 0.1) is 0 Å². The monoisotopic (exact) mass is 291 g/mol. The molecule has 0 aromatic carbocycles. The highest BCUT2D eigenvalue weighted by molar-refractivity contribution is 5.25. The molecular weight excluding hydrogens is 262 g/mol. The number of nitrogens with one attached hydrogen (secondary N) is 1. The lowest BCUT2D eigenvalue weighted by molar-refractivity contribution is 0.226. The molecular formula is C17H29N3O. The molecule has 0 bridgehead atoms. The Hall–Kier alpha value is -1.13. The standard InChI is InChI=1S/C17H29N3O/c1-17(2,3)19-13-14-7-5-10-18-16(14)21-12-9-15-8-6-11-20(15)4/h5,7,10,15,19H,6,8-9,11-13H2,1-4H3.